The van der Waals surface area contributed by atoms with Crippen LogP contribution in [-0.4, -0.2) is 33.4 Å². The molecule has 2 rings (SSSR count). The third kappa shape index (κ3) is 3.24. The van der Waals surface area contributed by atoms with Gasteiger partial charge in [-0.15, -0.1) is 0 Å². The van der Waals surface area contributed by atoms with Gasteiger partial charge in [0.05, 0.1) is 18.5 Å². The van der Waals surface area contributed by atoms with E-state index in [9.17, 15) is 8.42 Å². The second-order valence-electron chi connectivity index (χ2n) is 5.43. The maximum Gasteiger partial charge on any atom is 0.232 e. The highest BCUT2D eigenvalue weighted by atomic mass is 32.2. The van der Waals surface area contributed by atoms with Crippen LogP contribution in [0.1, 0.15) is 25.8 Å². The summed E-state index contributed by atoms with van der Waals surface area (Å²) in [5.41, 5.74) is 7.44. The van der Waals surface area contributed by atoms with Crippen molar-refractivity contribution in [3.63, 3.8) is 0 Å². The fourth-order valence-corrected chi connectivity index (χ4v) is 3.32. The Hall–Kier alpha value is -1.27. The van der Waals surface area contributed by atoms with Gasteiger partial charge in [-0.1, -0.05) is 13.0 Å². The lowest BCUT2D eigenvalue weighted by atomic mass is 10.1. The molecule has 0 amide bonds. The summed E-state index contributed by atoms with van der Waals surface area (Å²) in [6.07, 6.45) is 2.61. The second-order valence-corrected chi connectivity index (χ2v) is 7.33. The molecule has 6 heteroatoms. The zero-order chi connectivity index (χ0) is 14.9. The first-order valence-corrected chi connectivity index (χ1v) is 8.69. The van der Waals surface area contributed by atoms with Crippen LogP contribution in [0.15, 0.2) is 18.2 Å². The Kier molecular flexibility index (Phi) is 4.25. The van der Waals surface area contributed by atoms with Crippen LogP contribution in [0.25, 0.3) is 0 Å². The first-order valence-electron chi connectivity index (χ1n) is 6.84. The minimum Gasteiger partial charge on any atom is -0.486 e. The van der Waals surface area contributed by atoms with E-state index < -0.39 is 10.0 Å². The van der Waals surface area contributed by atoms with E-state index in [0.29, 0.717) is 24.4 Å². The lowest BCUT2D eigenvalue weighted by Gasteiger charge is -2.34. The summed E-state index contributed by atoms with van der Waals surface area (Å²) in [6, 6.07) is 5.69. The fourth-order valence-electron chi connectivity index (χ4n) is 2.38. The number of anilines is 1. The second kappa shape index (κ2) is 5.61. The van der Waals surface area contributed by atoms with E-state index in [2.05, 4.69) is 0 Å². The van der Waals surface area contributed by atoms with Crippen LogP contribution in [0.4, 0.5) is 5.69 Å². The van der Waals surface area contributed by atoms with Gasteiger partial charge in [0.25, 0.3) is 0 Å². The first kappa shape index (κ1) is 15.1. The lowest BCUT2D eigenvalue weighted by molar-refractivity contribution is 0.196. The van der Waals surface area contributed by atoms with Crippen molar-refractivity contribution in [3.05, 3.63) is 23.8 Å². The average molecular weight is 298 g/mol. The summed E-state index contributed by atoms with van der Waals surface area (Å²) >= 11 is 0. The van der Waals surface area contributed by atoms with Gasteiger partial charge in [0, 0.05) is 6.04 Å². The van der Waals surface area contributed by atoms with Crippen molar-refractivity contribution < 1.29 is 13.2 Å². The Bertz CT molecular complexity index is 584. The minimum atomic E-state index is -3.31. The van der Waals surface area contributed by atoms with Gasteiger partial charge in [-0.2, -0.15) is 0 Å². The van der Waals surface area contributed by atoms with Crippen LogP contribution in [0, 0.1) is 0 Å². The van der Waals surface area contributed by atoms with Gasteiger partial charge in [-0.3, -0.25) is 4.31 Å². The van der Waals surface area contributed by atoms with Crippen molar-refractivity contribution in [3.8, 4) is 5.75 Å². The summed E-state index contributed by atoms with van der Waals surface area (Å²) in [4.78, 5) is 0. The van der Waals surface area contributed by atoms with E-state index in [4.69, 9.17) is 10.5 Å². The van der Waals surface area contributed by atoms with Gasteiger partial charge in [0.1, 0.15) is 11.9 Å². The van der Waals surface area contributed by atoms with Crippen molar-refractivity contribution in [2.75, 3.05) is 17.1 Å². The maximum absolute atomic E-state index is 12.0. The van der Waals surface area contributed by atoms with Crippen molar-refractivity contribution in [1.82, 2.24) is 0 Å². The van der Waals surface area contributed by atoms with Crippen molar-refractivity contribution in [1.29, 1.82) is 0 Å². The minimum absolute atomic E-state index is 0.0348. The van der Waals surface area contributed by atoms with Gasteiger partial charge in [0.2, 0.25) is 10.0 Å². The van der Waals surface area contributed by atoms with Gasteiger partial charge in [-0.05, 0) is 37.5 Å². The molecule has 0 aromatic heterocycles. The van der Waals surface area contributed by atoms with Gasteiger partial charge in [0.15, 0.2) is 0 Å². The summed E-state index contributed by atoms with van der Waals surface area (Å²) in [7, 11) is -3.31. The molecule has 0 saturated heterocycles. The standard InChI is InChI=1S/C14H22N2O3S/c1-4-12-9-16(20(3,17)18)13-8-11(7-10(2)15)5-6-14(13)19-12/h5-6,8,10,12H,4,7,9,15H2,1-3H3. The maximum atomic E-state index is 12.0. The molecule has 0 bridgehead atoms. The van der Waals surface area contributed by atoms with E-state index in [-0.39, 0.29) is 12.1 Å². The molecule has 1 heterocycles. The Balaban J connectivity index is 2.43. The van der Waals surface area contributed by atoms with Crippen LogP contribution < -0.4 is 14.8 Å². The summed E-state index contributed by atoms with van der Waals surface area (Å²) in [6.45, 7) is 4.28. The third-order valence-corrected chi connectivity index (χ3v) is 4.51. The number of rotatable bonds is 4. The molecule has 20 heavy (non-hydrogen) atoms. The average Bonchev–Trinajstić information content (AvgIpc) is 2.35. The number of benzene rings is 1. The van der Waals surface area contributed by atoms with Crippen molar-refractivity contribution in [2.24, 2.45) is 5.73 Å². The molecular weight excluding hydrogens is 276 g/mol. The molecule has 1 aliphatic rings. The molecule has 0 spiro atoms. The molecule has 1 aromatic rings. The molecule has 0 aliphatic carbocycles. The van der Waals surface area contributed by atoms with Gasteiger partial charge >= 0.3 is 0 Å². The molecular formula is C14H22N2O3S. The summed E-state index contributed by atoms with van der Waals surface area (Å²) < 4.78 is 31.2. The topological polar surface area (TPSA) is 72.6 Å². The largest absolute Gasteiger partial charge is 0.486 e. The fraction of sp³-hybridized carbons (Fsp3) is 0.571. The summed E-state index contributed by atoms with van der Waals surface area (Å²) in [5.74, 6) is 0.627. The molecule has 5 nitrogen and oxygen atoms in total. The highest BCUT2D eigenvalue weighted by Gasteiger charge is 2.30. The Labute approximate surface area is 120 Å². The zero-order valence-electron chi connectivity index (χ0n) is 12.2. The van der Waals surface area contributed by atoms with Crippen LogP contribution in [0.2, 0.25) is 0 Å². The van der Waals surface area contributed by atoms with Gasteiger partial charge < -0.3 is 10.5 Å². The number of sulfonamides is 1. The zero-order valence-corrected chi connectivity index (χ0v) is 13.0. The van der Waals surface area contributed by atoms with E-state index >= 15 is 0 Å². The Morgan fingerprint density at radius 1 is 1.50 bits per heavy atom. The lowest BCUT2D eigenvalue weighted by Crippen LogP contribution is -2.42. The molecule has 2 atom stereocenters. The molecule has 1 aromatic carbocycles. The monoisotopic (exact) mass is 298 g/mol. The van der Waals surface area contributed by atoms with Crippen molar-refractivity contribution >= 4 is 15.7 Å². The predicted molar refractivity (Wildman–Crippen MR) is 80.7 cm³/mol. The van der Waals surface area contributed by atoms with Crippen LogP contribution >= 0.6 is 0 Å². The first-order chi connectivity index (χ1) is 9.31. The number of hydrogen-bond donors (Lipinski definition) is 1. The van der Waals surface area contributed by atoms with Gasteiger partial charge in [-0.25, -0.2) is 8.42 Å². The number of ether oxygens (including phenoxy) is 1. The molecule has 1 aliphatic heterocycles. The van der Waals surface area contributed by atoms with E-state index in [0.717, 1.165) is 12.0 Å². The molecule has 2 unspecified atom stereocenters. The normalized spacial score (nSPS) is 20.2. The predicted octanol–water partition coefficient (Wildman–Crippen LogP) is 1.51. The highest BCUT2D eigenvalue weighted by molar-refractivity contribution is 7.92. The van der Waals surface area contributed by atoms with E-state index in [1.54, 1.807) is 0 Å². The number of nitrogens with zero attached hydrogens (tertiary/aromatic N) is 1. The quantitative estimate of drug-likeness (QED) is 0.914. The highest BCUT2D eigenvalue weighted by Crippen LogP contribution is 2.36. The van der Waals surface area contributed by atoms with Crippen molar-refractivity contribution in [2.45, 2.75) is 38.8 Å². The molecule has 112 valence electrons. The van der Waals surface area contributed by atoms with Crippen LogP contribution in [0.5, 0.6) is 5.75 Å². The number of hydrogen-bond acceptors (Lipinski definition) is 4. The smallest absolute Gasteiger partial charge is 0.232 e. The molecule has 0 fully saturated rings. The summed E-state index contributed by atoms with van der Waals surface area (Å²) in [5, 5.41) is 0. The van der Waals surface area contributed by atoms with E-state index in [1.807, 2.05) is 32.0 Å². The van der Waals surface area contributed by atoms with E-state index in [1.165, 1.54) is 10.6 Å². The third-order valence-electron chi connectivity index (χ3n) is 3.37. The number of nitrogens with two attached hydrogens (primary N) is 1. The molecule has 0 saturated carbocycles. The molecule has 0 radical (unpaired) electrons. The number of fused-ring (bicyclic) bond motifs is 1. The SMILES string of the molecule is CCC1CN(S(C)(=O)=O)c2cc(CC(C)N)ccc2O1. The Morgan fingerprint density at radius 2 is 2.20 bits per heavy atom. The van der Waals surface area contributed by atoms with Crippen LogP contribution in [-0.2, 0) is 16.4 Å². The molecule has 2 N–H and O–H groups in total. The van der Waals surface area contributed by atoms with Crippen LogP contribution in [0.3, 0.4) is 0 Å². The Morgan fingerprint density at radius 3 is 2.75 bits per heavy atom.